The minimum absolute atomic E-state index is 0.297. The standard InChI is InChI=1S/C26H21FN4O2/c1-26(2)22(18-7-4-3-5-8-18)31(25(32)33-26)20-11-9-17(10-12-20)21-15-19(16-30-23(21)27)24-28-13-6-14-29-24/h3-16,22H,1-2H3. The van der Waals surface area contributed by atoms with Crippen LogP contribution in [0.15, 0.2) is 85.3 Å². The van der Waals surface area contributed by atoms with E-state index >= 15 is 0 Å². The Bertz CT molecular complexity index is 1300. The van der Waals surface area contributed by atoms with E-state index in [2.05, 4.69) is 15.0 Å². The number of ether oxygens (including phenoxy) is 1. The smallest absolute Gasteiger partial charge is 0.415 e. The largest absolute Gasteiger partial charge is 0.441 e. The van der Waals surface area contributed by atoms with Crippen molar-refractivity contribution in [2.75, 3.05) is 4.90 Å². The lowest BCUT2D eigenvalue weighted by atomic mass is 9.91. The number of nitrogens with zero attached hydrogens (tertiary/aromatic N) is 4. The van der Waals surface area contributed by atoms with Gasteiger partial charge >= 0.3 is 6.09 Å². The van der Waals surface area contributed by atoms with Gasteiger partial charge in [-0.05, 0) is 49.2 Å². The van der Waals surface area contributed by atoms with Gasteiger partial charge in [-0.3, -0.25) is 4.90 Å². The highest BCUT2D eigenvalue weighted by Gasteiger charge is 2.49. The summed E-state index contributed by atoms with van der Waals surface area (Å²) in [6.45, 7) is 3.80. The fraction of sp³-hybridized carbons (Fsp3) is 0.154. The molecular formula is C26H21FN4O2. The van der Waals surface area contributed by atoms with Gasteiger partial charge in [0.1, 0.15) is 11.6 Å². The number of hydrogen-bond acceptors (Lipinski definition) is 5. The van der Waals surface area contributed by atoms with Crippen LogP contribution in [0.3, 0.4) is 0 Å². The van der Waals surface area contributed by atoms with Gasteiger partial charge in [0.25, 0.3) is 0 Å². The second-order valence-corrected chi connectivity index (χ2v) is 8.34. The molecule has 33 heavy (non-hydrogen) atoms. The predicted octanol–water partition coefficient (Wildman–Crippen LogP) is 5.82. The number of aromatic nitrogens is 3. The van der Waals surface area contributed by atoms with Crippen molar-refractivity contribution in [2.45, 2.75) is 25.5 Å². The van der Waals surface area contributed by atoms with Crippen molar-refractivity contribution in [1.82, 2.24) is 15.0 Å². The summed E-state index contributed by atoms with van der Waals surface area (Å²) in [4.78, 5) is 26.7. The minimum Gasteiger partial charge on any atom is -0.441 e. The molecule has 0 N–H and O–H groups in total. The van der Waals surface area contributed by atoms with Gasteiger partial charge in [0.05, 0.1) is 0 Å². The predicted molar refractivity (Wildman–Crippen MR) is 123 cm³/mol. The maximum atomic E-state index is 14.6. The molecule has 0 saturated carbocycles. The Hall–Kier alpha value is -4.13. The molecule has 1 aliphatic rings. The van der Waals surface area contributed by atoms with Crippen LogP contribution in [0.5, 0.6) is 0 Å². The number of halogens is 1. The molecule has 2 aromatic heterocycles. The van der Waals surface area contributed by atoms with Crippen LogP contribution in [-0.4, -0.2) is 26.6 Å². The van der Waals surface area contributed by atoms with Crippen molar-refractivity contribution in [3.05, 3.63) is 96.8 Å². The Morgan fingerprint density at radius 3 is 2.30 bits per heavy atom. The van der Waals surface area contributed by atoms with Crippen molar-refractivity contribution in [3.8, 4) is 22.5 Å². The van der Waals surface area contributed by atoms with Crippen LogP contribution >= 0.6 is 0 Å². The second kappa shape index (κ2) is 8.09. The van der Waals surface area contributed by atoms with Gasteiger partial charge in [0.15, 0.2) is 5.82 Å². The van der Waals surface area contributed by atoms with E-state index in [4.69, 9.17) is 4.74 Å². The van der Waals surface area contributed by atoms with Crippen molar-refractivity contribution < 1.29 is 13.9 Å². The van der Waals surface area contributed by atoms with Gasteiger partial charge in [-0.2, -0.15) is 4.39 Å². The maximum absolute atomic E-state index is 14.6. The van der Waals surface area contributed by atoms with E-state index < -0.39 is 17.6 Å². The molecule has 1 amide bonds. The first-order chi connectivity index (χ1) is 15.9. The molecule has 6 nitrogen and oxygen atoms in total. The molecule has 1 aliphatic heterocycles. The summed E-state index contributed by atoms with van der Waals surface area (Å²) in [6, 6.07) is 20.0. The van der Waals surface area contributed by atoms with E-state index in [0.717, 1.165) is 5.56 Å². The Kier molecular flexibility index (Phi) is 5.09. The second-order valence-electron chi connectivity index (χ2n) is 8.34. The first kappa shape index (κ1) is 20.8. The van der Waals surface area contributed by atoms with Crippen molar-refractivity contribution in [1.29, 1.82) is 0 Å². The van der Waals surface area contributed by atoms with Gasteiger partial charge in [0, 0.05) is 35.4 Å². The molecule has 1 saturated heterocycles. The Morgan fingerprint density at radius 1 is 0.909 bits per heavy atom. The summed E-state index contributed by atoms with van der Waals surface area (Å²) in [5.74, 6) is -0.123. The third kappa shape index (κ3) is 3.82. The SMILES string of the molecule is CC1(C)OC(=O)N(c2ccc(-c3cc(-c4ncccn4)cnc3F)cc2)C1c1ccccc1. The molecular weight excluding hydrogens is 419 g/mol. The highest BCUT2D eigenvalue weighted by Crippen LogP contribution is 2.44. The first-order valence-electron chi connectivity index (χ1n) is 10.5. The summed E-state index contributed by atoms with van der Waals surface area (Å²) in [6.07, 6.45) is 4.24. The lowest BCUT2D eigenvalue weighted by Crippen LogP contribution is -2.33. The van der Waals surface area contributed by atoms with Crippen LogP contribution in [0.1, 0.15) is 25.5 Å². The van der Waals surface area contributed by atoms with Crippen molar-refractivity contribution >= 4 is 11.8 Å². The number of hydrogen-bond donors (Lipinski definition) is 0. The van der Waals surface area contributed by atoms with Crippen LogP contribution in [0, 0.1) is 5.95 Å². The zero-order chi connectivity index (χ0) is 23.0. The molecule has 0 aliphatic carbocycles. The third-order valence-corrected chi connectivity index (χ3v) is 5.70. The normalized spacial score (nSPS) is 17.1. The number of rotatable bonds is 4. The molecule has 1 atom stereocenters. The lowest BCUT2D eigenvalue weighted by molar-refractivity contribution is 0.0685. The average molecular weight is 440 g/mol. The zero-order valence-electron chi connectivity index (χ0n) is 18.1. The fourth-order valence-corrected chi connectivity index (χ4v) is 4.21. The van der Waals surface area contributed by atoms with E-state index in [-0.39, 0.29) is 6.04 Å². The number of benzene rings is 2. The van der Waals surface area contributed by atoms with E-state index in [1.807, 2.05) is 44.2 Å². The molecule has 1 fully saturated rings. The van der Waals surface area contributed by atoms with Crippen LogP contribution in [-0.2, 0) is 4.74 Å². The summed E-state index contributed by atoms with van der Waals surface area (Å²) in [7, 11) is 0. The zero-order valence-corrected chi connectivity index (χ0v) is 18.1. The maximum Gasteiger partial charge on any atom is 0.415 e. The molecule has 2 aromatic carbocycles. The van der Waals surface area contributed by atoms with Gasteiger partial charge in [-0.1, -0.05) is 42.5 Å². The summed E-state index contributed by atoms with van der Waals surface area (Å²) >= 11 is 0. The number of amides is 1. The molecule has 0 spiro atoms. The highest BCUT2D eigenvalue weighted by atomic mass is 19.1. The average Bonchev–Trinajstić information content (AvgIpc) is 3.08. The van der Waals surface area contributed by atoms with Gasteiger partial charge in [0.2, 0.25) is 5.95 Å². The monoisotopic (exact) mass is 440 g/mol. The van der Waals surface area contributed by atoms with E-state index in [9.17, 15) is 9.18 Å². The fourth-order valence-electron chi connectivity index (χ4n) is 4.21. The number of cyclic esters (lactones) is 1. The van der Waals surface area contributed by atoms with E-state index in [0.29, 0.717) is 28.2 Å². The minimum atomic E-state index is -0.711. The molecule has 1 unspecified atom stereocenters. The summed E-state index contributed by atoms with van der Waals surface area (Å²) in [5.41, 5.74) is 2.50. The molecule has 0 radical (unpaired) electrons. The molecule has 0 bridgehead atoms. The quantitative estimate of drug-likeness (QED) is 0.374. The number of carbonyl (C=O) groups excluding carboxylic acids is 1. The number of carbonyl (C=O) groups is 1. The molecule has 164 valence electrons. The van der Waals surface area contributed by atoms with E-state index in [1.165, 1.54) is 6.20 Å². The van der Waals surface area contributed by atoms with Crippen molar-refractivity contribution in [3.63, 3.8) is 0 Å². The number of pyridine rings is 1. The first-order valence-corrected chi connectivity index (χ1v) is 10.5. The van der Waals surface area contributed by atoms with Crippen LogP contribution in [0.25, 0.3) is 22.5 Å². The third-order valence-electron chi connectivity index (χ3n) is 5.70. The Morgan fingerprint density at radius 2 is 1.61 bits per heavy atom. The Balaban J connectivity index is 1.51. The van der Waals surface area contributed by atoms with Crippen LogP contribution in [0.2, 0.25) is 0 Å². The Labute approximate surface area is 190 Å². The van der Waals surface area contributed by atoms with E-state index in [1.54, 1.807) is 53.7 Å². The van der Waals surface area contributed by atoms with Crippen molar-refractivity contribution in [2.24, 2.45) is 0 Å². The topological polar surface area (TPSA) is 68.2 Å². The van der Waals surface area contributed by atoms with Crippen LogP contribution < -0.4 is 4.90 Å². The molecule has 3 heterocycles. The molecule has 7 heteroatoms. The molecule has 4 aromatic rings. The van der Waals surface area contributed by atoms with Gasteiger partial charge < -0.3 is 4.74 Å². The summed E-state index contributed by atoms with van der Waals surface area (Å²) < 4.78 is 20.3. The molecule has 5 rings (SSSR count). The number of anilines is 1. The highest BCUT2D eigenvalue weighted by molar-refractivity contribution is 5.92. The lowest BCUT2D eigenvalue weighted by Gasteiger charge is -2.29. The van der Waals surface area contributed by atoms with Gasteiger partial charge in [-0.15, -0.1) is 0 Å². The van der Waals surface area contributed by atoms with Gasteiger partial charge in [-0.25, -0.2) is 19.7 Å². The summed E-state index contributed by atoms with van der Waals surface area (Å²) in [5, 5.41) is 0. The van der Waals surface area contributed by atoms with Crippen LogP contribution in [0.4, 0.5) is 14.9 Å².